The van der Waals surface area contributed by atoms with Crippen LogP contribution in [0.5, 0.6) is 0 Å². The summed E-state index contributed by atoms with van der Waals surface area (Å²) in [5.74, 6) is 0. The zero-order valence-electron chi connectivity index (χ0n) is 29.9. The number of nitrogens with zero attached hydrogens (tertiary/aromatic N) is 1. The van der Waals surface area contributed by atoms with Gasteiger partial charge in [-0.1, -0.05) is 76.2 Å². The number of aromatic amines is 4. The van der Waals surface area contributed by atoms with E-state index in [1.54, 1.807) is 0 Å². The van der Waals surface area contributed by atoms with Gasteiger partial charge in [0, 0.05) is 76.7 Å². The molecule has 0 saturated carbocycles. The van der Waals surface area contributed by atoms with Gasteiger partial charge >= 0.3 is 0 Å². The Kier molecular flexibility index (Phi) is 6.60. The highest BCUT2D eigenvalue weighted by Gasteiger charge is 2.81. The maximum atomic E-state index is 3.87. The molecule has 0 spiro atoms. The first-order chi connectivity index (χ1) is 20.8. The topological polar surface area (TPSA) is 66.4 Å². The summed E-state index contributed by atoms with van der Waals surface area (Å²) < 4.78 is 0. The Bertz CT molecular complexity index is 1730. The quantitative estimate of drug-likeness (QED) is 0.184. The Morgan fingerprint density at radius 3 is 1.51 bits per heavy atom. The second-order valence-corrected chi connectivity index (χ2v) is 17.2. The number of H-pyrrole nitrogens is 4. The van der Waals surface area contributed by atoms with E-state index in [9.17, 15) is 0 Å². The number of rotatable bonds is 4. The van der Waals surface area contributed by atoms with E-state index in [1.165, 1.54) is 39.5 Å². The summed E-state index contributed by atoms with van der Waals surface area (Å²) in [5.41, 5.74) is 8.10. The van der Waals surface area contributed by atoms with E-state index in [1.807, 2.05) is 0 Å². The Labute approximate surface area is 271 Å². The Morgan fingerprint density at radius 2 is 1.09 bits per heavy atom. The number of aromatic nitrogens is 4. The highest BCUT2D eigenvalue weighted by atomic mass is 15.3. The van der Waals surface area contributed by atoms with Crippen molar-refractivity contribution in [2.75, 3.05) is 7.05 Å². The van der Waals surface area contributed by atoms with Crippen LogP contribution in [0.1, 0.15) is 106 Å². The van der Waals surface area contributed by atoms with Gasteiger partial charge in [0.15, 0.2) is 0 Å². The van der Waals surface area contributed by atoms with Crippen LogP contribution in [0.25, 0.3) is 11.1 Å². The molecule has 0 amide bonds. The van der Waals surface area contributed by atoms with Gasteiger partial charge in [0.2, 0.25) is 0 Å². The van der Waals surface area contributed by atoms with Crippen molar-refractivity contribution >= 4 is 11.1 Å². The number of fused-ring (bicyclic) bond motifs is 1. The van der Waals surface area contributed by atoms with E-state index < -0.39 is 16.4 Å². The lowest BCUT2D eigenvalue weighted by atomic mass is 9.34. The summed E-state index contributed by atoms with van der Waals surface area (Å²) in [4.78, 5) is 17.7. The zero-order chi connectivity index (χ0) is 33.0. The van der Waals surface area contributed by atoms with E-state index >= 15 is 0 Å². The first-order valence-corrected chi connectivity index (χ1v) is 16.6. The van der Waals surface area contributed by atoms with Crippen molar-refractivity contribution in [1.29, 1.82) is 0 Å². The normalized spacial score (nSPS) is 29.6. The largest absolute Gasteiger partial charge is 0.365 e. The molecule has 1 aliphatic heterocycles. The second kappa shape index (κ2) is 9.47. The van der Waals surface area contributed by atoms with Crippen molar-refractivity contribution < 1.29 is 0 Å². The number of allylic oxidation sites excluding steroid dienone is 4. The van der Waals surface area contributed by atoms with Gasteiger partial charge in [-0.2, -0.15) is 0 Å². The number of likely N-dealkylation sites (tertiary alicyclic amines) is 1. The Morgan fingerprint density at radius 1 is 0.600 bits per heavy atom. The first kappa shape index (κ1) is 31.4. The molecule has 4 N–H and O–H groups in total. The Hall–Kier alpha value is -3.60. The molecule has 0 radical (unpaired) electrons. The number of hydrogen-bond donors (Lipinski definition) is 4. The molecule has 0 aromatic carbocycles. The molecule has 4 atom stereocenters. The molecule has 1 aliphatic carbocycles. The van der Waals surface area contributed by atoms with Crippen molar-refractivity contribution in [1.82, 2.24) is 24.8 Å². The molecule has 45 heavy (non-hydrogen) atoms. The van der Waals surface area contributed by atoms with Crippen LogP contribution in [0.2, 0.25) is 0 Å². The van der Waals surface area contributed by atoms with Crippen LogP contribution in [-0.2, 0) is 11.0 Å². The third-order valence-electron chi connectivity index (χ3n) is 12.5. The van der Waals surface area contributed by atoms with E-state index in [4.69, 9.17) is 0 Å². The molecule has 5 heteroatoms. The molecule has 5 nitrogen and oxygen atoms in total. The van der Waals surface area contributed by atoms with E-state index in [-0.39, 0.29) is 21.7 Å². The van der Waals surface area contributed by atoms with Gasteiger partial charge in [-0.05, 0) is 82.8 Å². The first-order valence-electron chi connectivity index (χ1n) is 16.6. The van der Waals surface area contributed by atoms with Crippen LogP contribution in [0.15, 0.2) is 84.6 Å². The second-order valence-electron chi connectivity index (χ2n) is 17.2. The van der Waals surface area contributed by atoms with Crippen LogP contribution in [0.3, 0.4) is 0 Å². The molecule has 2 aliphatic rings. The minimum absolute atomic E-state index is 0.137. The highest BCUT2D eigenvalue weighted by Crippen LogP contribution is 2.82. The predicted octanol–water partition coefficient (Wildman–Crippen LogP) is 10.1. The average Bonchev–Trinajstić information content (AvgIpc) is 3.76. The third kappa shape index (κ3) is 3.56. The van der Waals surface area contributed by atoms with Crippen molar-refractivity contribution in [2.45, 2.75) is 94.0 Å². The molecule has 5 heterocycles. The van der Waals surface area contributed by atoms with Gasteiger partial charge < -0.3 is 24.8 Å². The predicted molar refractivity (Wildman–Crippen MR) is 188 cm³/mol. The molecule has 4 unspecified atom stereocenters. The molecule has 1 saturated heterocycles. The number of nitrogens with one attached hydrogen (secondary N) is 4. The van der Waals surface area contributed by atoms with Gasteiger partial charge in [-0.25, -0.2) is 0 Å². The maximum absolute atomic E-state index is 3.87. The zero-order valence-corrected chi connectivity index (χ0v) is 29.9. The van der Waals surface area contributed by atoms with Gasteiger partial charge in [0.1, 0.15) is 0 Å². The summed E-state index contributed by atoms with van der Waals surface area (Å²) in [6.07, 6.45) is 8.38. The SMILES string of the molecule is CN1C2=C(c3ccc[nH]3)C(C(C)(C)C)=C(c3ccc[nH]3)C(c3ccc[nH]3)(C(C)(C)C)C2(C)C(C)(C(C)(C)C)C1(C)c1ccc[nH]1. The van der Waals surface area contributed by atoms with Gasteiger partial charge in [0.25, 0.3) is 0 Å². The van der Waals surface area contributed by atoms with Crippen LogP contribution < -0.4 is 0 Å². The highest BCUT2D eigenvalue weighted by molar-refractivity contribution is 5.98. The van der Waals surface area contributed by atoms with Crippen molar-refractivity contribution in [2.24, 2.45) is 27.1 Å². The van der Waals surface area contributed by atoms with Gasteiger partial charge in [-0.3, -0.25) is 0 Å². The Balaban J connectivity index is 2.01. The fourth-order valence-electron chi connectivity index (χ4n) is 10.6. The van der Waals surface area contributed by atoms with E-state index in [0.717, 1.165) is 5.69 Å². The summed E-state index contributed by atoms with van der Waals surface area (Å²) >= 11 is 0. The van der Waals surface area contributed by atoms with E-state index in [2.05, 4.69) is 188 Å². The number of hydrogen-bond acceptors (Lipinski definition) is 1. The average molecular weight is 606 g/mol. The molecule has 0 bridgehead atoms. The summed E-state index contributed by atoms with van der Waals surface area (Å²) in [5, 5.41) is 0. The molecule has 4 aromatic rings. The maximum Gasteiger partial charge on any atom is 0.0835 e. The van der Waals surface area contributed by atoms with Gasteiger partial charge in [-0.15, -0.1) is 0 Å². The van der Waals surface area contributed by atoms with Crippen molar-refractivity contribution in [3.8, 4) is 0 Å². The van der Waals surface area contributed by atoms with Crippen molar-refractivity contribution in [3.63, 3.8) is 0 Å². The summed E-state index contributed by atoms with van der Waals surface area (Å²) in [7, 11) is 2.36. The van der Waals surface area contributed by atoms with Crippen LogP contribution in [0.4, 0.5) is 0 Å². The van der Waals surface area contributed by atoms with Crippen LogP contribution in [0, 0.1) is 27.1 Å². The smallest absolute Gasteiger partial charge is 0.0835 e. The van der Waals surface area contributed by atoms with Gasteiger partial charge in [0.05, 0.1) is 11.0 Å². The lowest BCUT2D eigenvalue weighted by Gasteiger charge is -2.67. The monoisotopic (exact) mass is 605 g/mol. The van der Waals surface area contributed by atoms with Crippen LogP contribution in [-0.4, -0.2) is 31.9 Å². The molecular formula is C40H55N5. The standard InChI is InChI=1S/C40H55N5/c1-34(2,3)32-30(26-18-14-22-41-26)33-37(10,39(12,35(4,5)6)38(11,45(33)13)28-20-16-24-43-28)40(36(7,8)9,29-21-17-25-44-29)31(32)27-19-15-23-42-27/h14-25,41-44H,1-13H3. The van der Waals surface area contributed by atoms with E-state index in [0.29, 0.717) is 0 Å². The molecule has 4 aromatic heterocycles. The third-order valence-corrected chi connectivity index (χ3v) is 12.5. The minimum atomic E-state index is -0.497. The lowest BCUT2D eigenvalue weighted by molar-refractivity contribution is -0.113. The molecule has 6 rings (SSSR count). The van der Waals surface area contributed by atoms with Crippen LogP contribution >= 0.6 is 0 Å². The fraction of sp³-hybridized carbons (Fsp3) is 0.500. The molecular weight excluding hydrogens is 550 g/mol. The molecule has 240 valence electrons. The summed E-state index contributed by atoms with van der Waals surface area (Å²) in [6.45, 7) is 29.6. The summed E-state index contributed by atoms with van der Waals surface area (Å²) in [6, 6.07) is 17.9. The fourth-order valence-corrected chi connectivity index (χ4v) is 10.6. The minimum Gasteiger partial charge on any atom is -0.365 e. The molecule has 1 fully saturated rings. The van der Waals surface area contributed by atoms with Crippen molar-refractivity contribution in [3.05, 3.63) is 107 Å². The lowest BCUT2D eigenvalue weighted by Crippen LogP contribution is -2.66.